The number of nitrogens with zero attached hydrogens (tertiary/aromatic N) is 2. The van der Waals surface area contributed by atoms with Crippen molar-refractivity contribution in [3.63, 3.8) is 0 Å². The lowest BCUT2D eigenvalue weighted by Gasteiger charge is -2.27. The molecule has 0 N–H and O–H groups in total. The summed E-state index contributed by atoms with van der Waals surface area (Å²) in [5.74, 6) is 1.62. The van der Waals surface area contributed by atoms with E-state index in [0.29, 0.717) is 13.1 Å². The number of hydrogen-bond acceptors (Lipinski definition) is 5. The summed E-state index contributed by atoms with van der Waals surface area (Å²) in [6, 6.07) is 8.35. The van der Waals surface area contributed by atoms with Crippen molar-refractivity contribution in [2.45, 2.75) is 25.4 Å². The monoisotopic (exact) mass is 374 g/mol. The first-order valence-electron chi connectivity index (χ1n) is 8.83. The van der Waals surface area contributed by atoms with Crippen molar-refractivity contribution >= 4 is 17.2 Å². The fourth-order valence-corrected chi connectivity index (χ4v) is 4.15. The van der Waals surface area contributed by atoms with Gasteiger partial charge in [0.05, 0.1) is 20.8 Å². The summed E-state index contributed by atoms with van der Waals surface area (Å²) < 4.78 is 10.8. The Balaban J connectivity index is 1.67. The van der Waals surface area contributed by atoms with Crippen LogP contribution in [0, 0.1) is 0 Å². The summed E-state index contributed by atoms with van der Waals surface area (Å²) in [6.07, 6.45) is 2.15. The third-order valence-corrected chi connectivity index (χ3v) is 5.65. The van der Waals surface area contributed by atoms with E-state index in [9.17, 15) is 4.79 Å². The van der Waals surface area contributed by atoms with Crippen molar-refractivity contribution in [1.82, 2.24) is 9.80 Å². The van der Waals surface area contributed by atoms with Crippen molar-refractivity contribution in [1.29, 1.82) is 0 Å². The fourth-order valence-electron chi connectivity index (χ4n) is 3.49. The van der Waals surface area contributed by atoms with Gasteiger partial charge < -0.3 is 14.4 Å². The summed E-state index contributed by atoms with van der Waals surface area (Å²) in [7, 11) is 5.17. The number of likely N-dealkylation sites (tertiary alicyclic amines) is 1. The van der Waals surface area contributed by atoms with Gasteiger partial charge in [-0.1, -0.05) is 6.07 Å². The van der Waals surface area contributed by atoms with E-state index in [-0.39, 0.29) is 11.9 Å². The Morgan fingerprint density at radius 2 is 2.08 bits per heavy atom. The van der Waals surface area contributed by atoms with Gasteiger partial charge in [-0.15, -0.1) is 0 Å². The Morgan fingerprint density at radius 1 is 1.27 bits per heavy atom. The molecule has 1 amide bonds. The van der Waals surface area contributed by atoms with Crippen molar-refractivity contribution in [3.05, 3.63) is 46.2 Å². The van der Waals surface area contributed by atoms with Crippen molar-refractivity contribution < 1.29 is 14.3 Å². The largest absolute Gasteiger partial charge is 0.493 e. The van der Waals surface area contributed by atoms with Gasteiger partial charge >= 0.3 is 0 Å². The van der Waals surface area contributed by atoms with E-state index in [1.54, 1.807) is 25.6 Å². The second-order valence-electron chi connectivity index (χ2n) is 6.62. The number of ether oxygens (including phenoxy) is 2. The van der Waals surface area contributed by atoms with E-state index in [1.807, 2.05) is 29.5 Å². The second-order valence-corrected chi connectivity index (χ2v) is 7.40. The summed E-state index contributed by atoms with van der Waals surface area (Å²) >= 11 is 1.66. The lowest BCUT2D eigenvalue weighted by molar-refractivity contribution is -0.131. The number of methoxy groups -OCH3 is 2. The molecule has 140 valence electrons. The van der Waals surface area contributed by atoms with Gasteiger partial charge in [0, 0.05) is 19.6 Å². The number of likely N-dealkylation sites (N-methyl/N-ethyl adjacent to an activating group) is 1. The smallest absolute Gasteiger partial charge is 0.236 e. The van der Waals surface area contributed by atoms with Crippen molar-refractivity contribution in [2.24, 2.45) is 0 Å². The van der Waals surface area contributed by atoms with Crippen LogP contribution in [0.5, 0.6) is 11.5 Å². The lowest BCUT2D eigenvalue weighted by Crippen LogP contribution is -2.37. The van der Waals surface area contributed by atoms with Crippen LogP contribution in [-0.2, 0) is 11.3 Å². The summed E-state index contributed by atoms with van der Waals surface area (Å²) in [4.78, 5) is 16.8. The first kappa shape index (κ1) is 18.7. The molecule has 5 nitrogen and oxygen atoms in total. The highest BCUT2D eigenvalue weighted by molar-refractivity contribution is 7.07. The second kappa shape index (κ2) is 8.56. The Hall–Kier alpha value is -2.05. The Labute approximate surface area is 159 Å². The van der Waals surface area contributed by atoms with Gasteiger partial charge in [-0.3, -0.25) is 9.69 Å². The van der Waals surface area contributed by atoms with Crippen LogP contribution in [0.3, 0.4) is 0 Å². The molecular formula is C20H26N2O3S. The van der Waals surface area contributed by atoms with Gasteiger partial charge in [0.25, 0.3) is 0 Å². The van der Waals surface area contributed by atoms with Gasteiger partial charge in [0.2, 0.25) is 5.91 Å². The Morgan fingerprint density at radius 3 is 2.77 bits per heavy atom. The SMILES string of the molecule is COc1ccc([C@@H]2CCCN2CC(=O)N(C)Cc2ccsc2)cc1OC. The average Bonchev–Trinajstić information content (AvgIpc) is 3.33. The van der Waals surface area contributed by atoms with Gasteiger partial charge in [0.15, 0.2) is 11.5 Å². The van der Waals surface area contributed by atoms with Gasteiger partial charge in [0.1, 0.15) is 0 Å². The van der Waals surface area contributed by atoms with E-state index in [4.69, 9.17) is 9.47 Å². The number of rotatable bonds is 7. The molecule has 1 aromatic heterocycles. The maximum absolute atomic E-state index is 12.7. The Bertz CT molecular complexity index is 733. The van der Waals surface area contributed by atoms with Crippen LogP contribution >= 0.6 is 11.3 Å². The van der Waals surface area contributed by atoms with Crippen LogP contribution in [0.1, 0.15) is 30.0 Å². The predicted octanol–water partition coefficient (Wildman–Crippen LogP) is 3.56. The zero-order chi connectivity index (χ0) is 18.5. The summed E-state index contributed by atoms with van der Waals surface area (Å²) in [6.45, 7) is 2.05. The Kier molecular flexibility index (Phi) is 6.16. The van der Waals surface area contributed by atoms with Crippen molar-refractivity contribution in [2.75, 3.05) is 34.4 Å². The molecule has 2 heterocycles. The third kappa shape index (κ3) is 4.19. The average molecular weight is 375 g/mol. The van der Waals surface area contributed by atoms with Gasteiger partial charge in [-0.2, -0.15) is 11.3 Å². The molecule has 6 heteroatoms. The number of hydrogen-bond donors (Lipinski definition) is 0. The minimum atomic E-state index is 0.156. The minimum absolute atomic E-state index is 0.156. The van der Waals surface area contributed by atoms with Crippen molar-refractivity contribution in [3.8, 4) is 11.5 Å². The fraction of sp³-hybridized carbons (Fsp3) is 0.450. The molecule has 1 atom stereocenters. The molecular weight excluding hydrogens is 348 g/mol. The zero-order valence-electron chi connectivity index (χ0n) is 15.6. The third-order valence-electron chi connectivity index (χ3n) is 4.92. The standard InChI is InChI=1S/C20H26N2O3S/c1-21(12-15-8-10-26-14-15)20(23)13-22-9-4-5-17(22)16-6-7-18(24-2)19(11-16)25-3/h6-8,10-11,14,17H,4-5,9,12-13H2,1-3H3/t17-/m0/s1. The number of benzene rings is 1. The quantitative estimate of drug-likeness (QED) is 0.743. The molecule has 1 aliphatic heterocycles. The highest BCUT2D eigenvalue weighted by Gasteiger charge is 2.29. The van der Waals surface area contributed by atoms with Crippen LogP contribution in [0.15, 0.2) is 35.0 Å². The highest BCUT2D eigenvalue weighted by atomic mass is 32.1. The number of carbonyl (C=O) groups excluding carboxylic acids is 1. The molecule has 0 spiro atoms. The molecule has 3 rings (SSSR count). The van der Waals surface area contributed by atoms with Gasteiger partial charge in [-0.25, -0.2) is 0 Å². The zero-order valence-corrected chi connectivity index (χ0v) is 16.4. The molecule has 0 radical (unpaired) electrons. The van der Waals surface area contributed by atoms with Crippen LogP contribution < -0.4 is 9.47 Å². The van der Waals surface area contributed by atoms with E-state index < -0.39 is 0 Å². The molecule has 1 aliphatic rings. The number of amides is 1. The number of thiophene rings is 1. The van der Waals surface area contributed by atoms with Gasteiger partial charge in [-0.05, 0) is 59.5 Å². The van der Waals surface area contributed by atoms with Crippen LogP contribution in [0.4, 0.5) is 0 Å². The van der Waals surface area contributed by atoms with E-state index in [1.165, 1.54) is 11.1 Å². The predicted molar refractivity (Wildman–Crippen MR) is 104 cm³/mol. The molecule has 1 aromatic carbocycles. The molecule has 0 unspecified atom stereocenters. The minimum Gasteiger partial charge on any atom is -0.493 e. The maximum atomic E-state index is 12.7. The number of carbonyl (C=O) groups is 1. The maximum Gasteiger partial charge on any atom is 0.236 e. The van der Waals surface area contributed by atoms with E-state index >= 15 is 0 Å². The normalized spacial score (nSPS) is 17.3. The topological polar surface area (TPSA) is 42.0 Å². The van der Waals surface area contributed by atoms with Crippen LogP contribution in [0.2, 0.25) is 0 Å². The first-order valence-corrected chi connectivity index (χ1v) is 9.77. The molecule has 0 saturated carbocycles. The lowest BCUT2D eigenvalue weighted by atomic mass is 10.0. The first-order chi connectivity index (χ1) is 12.6. The molecule has 1 fully saturated rings. The molecule has 26 heavy (non-hydrogen) atoms. The van der Waals surface area contributed by atoms with Crippen LogP contribution in [0.25, 0.3) is 0 Å². The summed E-state index contributed by atoms with van der Waals surface area (Å²) in [5, 5.41) is 4.13. The van der Waals surface area contributed by atoms with E-state index in [2.05, 4.69) is 22.4 Å². The molecule has 1 saturated heterocycles. The highest BCUT2D eigenvalue weighted by Crippen LogP contribution is 2.36. The summed E-state index contributed by atoms with van der Waals surface area (Å²) in [5.41, 5.74) is 2.36. The van der Waals surface area contributed by atoms with Crippen LogP contribution in [-0.4, -0.2) is 50.1 Å². The van der Waals surface area contributed by atoms with E-state index in [0.717, 1.165) is 30.9 Å². The molecule has 0 bridgehead atoms. The molecule has 2 aromatic rings. The molecule has 0 aliphatic carbocycles.